The highest BCUT2D eigenvalue weighted by atomic mass is 19.1. The number of benzene rings is 2. The standard InChI is InChI=1S/C17H16FN3O/c18-15-10-8-14(9-11-15)5-4-12-20-17(21-13-19)22-16-6-2-1-3-7-16/h1-3,6-11H,4-5,12H2,(H,20,21). The number of halogens is 1. The molecule has 112 valence electrons. The highest BCUT2D eigenvalue weighted by Crippen LogP contribution is 2.09. The molecule has 5 heteroatoms. The minimum Gasteiger partial charge on any atom is -0.425 e. The topological polar surface area (TPSA) is 57.4 Å². The molecule has 0 saturated carbocycles. The van der Waals surface area contributed by atoms with Crippen LogP contribution in [0, 0.1) is 17.3 Å². The van der Waals surface area contributed by atoms with Gasteiger partial charge in [0.25, 0.3) is 0 Å². The van der Waals surface area contributed by atoms with Crippen molar-refractivity contribution in [2.24, 2.45) is 4.99 Å². The molecule has 22 heavy (non-hydrogen) atoms. The van der Waals surface area contributed by atoms with E-state index in [1.54, 1.807) is 30.5 Å². The second-order valence-electron chi connectivity index (χ2n) is 4.57. The van der Waals surface area contributed by atoms with Gasteiger partial charge in [0, 0.05) is 6.54 Å². The lowest BCUT2D eigenvalue weighted by atomic mass is 10.1. The first-order valence-corrected chi connectivity index (χ1v) is 6.95. The summed E-state index contributed by atoms with van der Waals surface area (Å²) in [5.74, 6) is 0.376. The van der Waals surface area contributed by atoms with E-state index in [1.807, 2.05) is 18.2 Å². The van der Waals surface area contributed by atoms with Gasteiger partial charge in [-0.25, -0.2) is 14.7 Å². The van der Waals surface area contributed by atoms with Gasteiger partial charge in [-0.2, -0.15) is 5.26 Å². The Hall–Kier alpha value is -2.87. The molecule has 0 fully saturated rings. The van der Waals surface area contributed by atoms with Crippen LogP contribution < -0.4 is 10.1 Å². The van der Waals surface area contributed by atoms with Crippen molar-refractivity contribution < 1.29 is 9.13 Å². The average Bonchev–Trinajstić information content (AvgIpc) is 2.54. The molecule has 0 bridgehead atoms. The minimum absolute atomic E-state index is 0.174. The summed E-state index contributed by atoms with van der Waals surface area (Å²) in [6, 6.07) is 15.7. The summed E-state index contributed by atoms with van der Waals surface area (Å²) in [5.41, 5.74) is 1.05. The third-order valence-corrected chi connectivity index (χ3v) is 2.91. The Morgan fingerprint density at radius 3 is 2.55 bits per heavy atom. The number of aryl methyl sites for hydroxylation is 1. The van der Waals surface area contributed by atoms with Crippen LogP contribution in [-0.2, 0) is 6.42 Å². The SMILES string of the molecule is N#CNC(=NCCCc1ccc(F)cc1)Oc1ccccc1. The third-order valence-electron chi connectivity index (χ3n) is 2.91. The molecule has 0 aliphatic heterocycles. The highest BCUT2D eigenvalue weighted by Gasteiger charge is 2.01. The molecule has 4 nitrogen and oxygen atoms in total. The summed E-state index contributed by atoms with van der Waals surface area (Å²) in [7, 11) is 0. The highest BCUT2D eigenvalue weighted by molar-refractivity contribution is 5.77. The maximum Gasteiger partial charge on any atom is 0.303 e. The van der Waals surface area contributed by atoms with Gasteiger partial charge in [0.05, 0.1) is 0 Å². The first-order valence-electron chi connectivity index (χ1n) is 6.95. The normalized spacial score (nSPS) is 10.8. The van der Waals surface area contributed by atoms with Crippen LogP contribution in [0.15, 0.2) is 59.6 Å². The van der Waals surface area contributed by atoms with Crippen LogP contribution >= 0.6 is 0 Å². The summed E-state index contributed by atoms with van der Waals surface area (Å²) < 4.78 is 18.3. The molecule has 2 aromatic rings. The first kappa shape index (κ1) is 15.5. The number of nitrogens with one attached hydrogen (secondary N) is 1. The summed E-state index contributed by atoms with van der Waals surface area (Å²) >= 11 is 0. The molecule has 0 saturated heterocycles. The lowest BCUT2D eigenvalue weighted by molar-refractivity contribution is 0.525. The van der Waals surface area contributed by atoms with E-state index in [4.69, 9.17) is 10.00 Å². The van der Waals surface area contributed by atoms with Crippen molar-refractivity contribution in [3.8, 4) is 11.9 Å². The molecule has 2 aromatic carbocycles. The molecule has 0 amide bonds. The predicted molar refractivity (Wildman–Crippen MR) is 82.8 cm³/mol. The average molecular weight is 297 g/mol. The van der Waals surface area contributed by atoms with E-state index >= 15 is 0 Å². The molecule has 1 N–H and O–H groups in total. The van der Waals surface area contributed by atoms with Crippen molar-refractivity contribution >= 4 is 6.02 Å². The summed E-state index contributed by atoms with van der Waals surface area (Å²) in [6.07, 6.45) is 3.37. The molecule has 0 aliphatic rings. The van der Waals surface area contributed by atoms with Crippen LogP contribution in [0.1, 0.15) is 12.0 Å². The Morgan fingerprint density at radius 1 is 1.14 bits per heavy atom. The number of amidine groups is 1. The lowest BCUT2D eigenvalue weighted by Crippen LogP contribution is -2.24. The largest absolute Gasteiger partial charge is 0.425 e. The van der Waals surface area contributed by atoms with Gasteiger partial charge < -0.3 is 4.74 Å². The Labute approximate surface area is 128 Å². The molecule has 2 rings (SSSR count). The van der Waals surface area contributed by atoms with Gasteiger partial charge in [-0.15, -0.1) is 0 Å². The van der Waals surface area contributed by atoms with Gasteiger partial charge in [-0.1, -0.05) is 30.3 Å². The molecule has 0 aliphatic carbocycles. The fraction of sp³-hybridized carbons (Fsp3) is 0.176. The maximum absolute atomic E-state index is 12.8. The quantitative estimate of drug-likeness (QED) is 0.303. The van der Waals surface area contributed by atoms with Gasteiger partial charge in [0.1, 0.15) is 11.6 Å². The number of rotatable bonds is 5. The Bertz CT molecular complexity index is 648. The van der Waals surface area contributed by atoms with Crippen molar-refractivity contribution in [1.82, 2.24) is 5.32 Å². The zero-order valence-electron chi connectivity index (χ0n) is 12.0. The maximum atomic E-state index is 12.8. The summed E-state index contributed by atoms with van der Waals surface area (Å²) in [6.45, 7) is 0.508. The van der Waals surface area contributed by atoms with Crippen LogP contribution in [0.25, 0.3) is 0 Å². The number of hydrogen-bond acceptors (Lipinski definition) is 3. The van der Waals surface area contributed by atoms with E-state index < -0.39 is 0 Å². The van der Waals surface area contributed by atoms with E-state index in [-0.39, 0.29) is 11.8 Å². The predicted octanol–water partition coefficient (Wildman–Crippen LogP) is 3.26. The number of nitriles is 1. The van der Waals surface area contributed by atoms with Crippen LogP contribution in [0.2, 0.25) is 0 Å². The molecule has 0 radical (unpaired) electrons. The van der Waals surface area contributed by atoms with Gasteiger partial charge in [-0.05, 0) is 42.7 Å². The Kier molecular flexibility index (Phi) is 5.94. The second-order valence-corrected chi connectivity index (χ2v) is 4.57. The van der Waals surface area contributed by atoms with E-state index in [9.17, 15) is 4.39 Å². The van der Waals surface area contributed by atoms with Crippen molar-refractivity contribution in [3.05, 3.63) is 66.0 Å². The van der Waals surface area contributed by atoms with Gasteiger partial charge in [0.2, 0.25) is 0 Å². The minimum atomic E-state index is -0.237. The van der Waals surface area contributed by atoms with Crippen LogP contribution in [-0.4, -0.2) is 12.6 Å². The number of ether oxygens (including phenoxy) is 1. The van der Waals surface area contributed by atoms with Crippen molar-refractivity contribution in [2.45, 2.75) is 12.8 Å². The second kappa shape index (κ2) is 8.42. The molecule has 0 atom stereocenters. The molecular weight excluding hydrogens is 281 g/mol. The molecule has 0 heterocycles. The Balaban J connectivity index is 1.85. The van der Waals surface area contributed by atoms with E-state index in [1.165, 1.54) is 12.1 Å². The van der Waals surface area contributed by atoms with E-state index in [2.05, 4.69) is 10.3 Å². The van der Waals surface area contributed by atoms with Crippen LogP contribution in [0.5, 0.6) is 5.75 Å². The summed E-state index contributed by atoms with van der Waals surface area (Å²) in [5, 5.41) is 11.1. The molecule has 0 aromatic heterocycles. The number of hydrogen-bond donors (Lipinski definition) is 1. The number of nitrogens with zero attached hydrogens (tertiary/aromatic N) is 2. The Morgan fingerprint density at radius 2 is 1.86 bits per heavy atom. The van der Waals surface area contributed by atoms with Gasteiger partial charge in [0.15, 0.2) is 6.19 Å². The zero-order chi connectivity index (χ0) is 15.6. The number of aliphatic imine (C=N–C) groups is 1. The molecule has 0 spiro atoms. The summed E-state index contributed by atoms with van der Waals surface area (Å²) in [4.78, 5) is 4.23. The van der Waals surface area contributed by atoms with Crippen molar-refractivity contribution in [1.29, 1.82) is 5.26 Å². The third kappa shape index (κ3) is 5.25. The van der Waals surface area contributed by atoms with E-state index in [0.717, 1.165) is 18.4 Å². The van der Waals surface area contributed by atoms with Gasteiger partial charge >= 0.3 is 6.02 Å². The zero-order valence-corrected chi connectivity index (χ0v) is 12.0. The van der Waals surface area contributed by atoms with Crippen molar-refractivity contribution in [3.63, 3.8) is 0 Å². The van der Waals surface area contributed by atoms with Gasteiger partial charge in [-0.3, -0.25) is 0 Å². The fourth-order valence-corrected chi connectivity index (χ4v) is 1.86. The van der Waals surface area contributed by atoms with Crippen molar-refractivity contribution in [2.75, 3.05) is 6.54 Å². The lowest BCUT2D eigenvalue weighted by Gasteiger charge is -2.06. The number of para-hydroxylation sites is 1. The molecular formula is C17H16FN3O. The van der Waals surface area contributed by atoms with Crippen LogP contribution in [0.4, 0.5) is 4.39 Å². The molecule has 0 unspecified atom stereocenters. The smallest absolute Gasteiger partial charge is 0.303 e. The fourth-order valence-electron chi connectivity index (χ4n) is 1.86. The van der Waals surface area contributed by atoms with Crippen LogP contribution in [0.3, 0.4) is 0 Å². The first-order chi connectivity index (χ1) is 10.8. The monoisotopic (exact) mass is 297 g/mol. The van der Waals surface area contributed by atoms with E-state index in [0.29, 0.717) is 12.3 Å².